The van der Waals surface area contributed by atoms with Crippen LogP contribution >= 0.6 is 0 Å². The molecule has 1 aliphatic heterocycles. The van der Waals surface area contributed by atoms with Gasteiger partial charge in [0.15, 0.2) is 5.82 Å². The summed E-state index contributed by atoms with van der Waals surface area (Å²) in [6.45, 7) is 9.90. The van der Waals surface area contributed by atoms with Gasteiger partial charge in [-0.2, -0.15) is 5.10 Å². The Morgan fingerprint density at radius 2 is 2.22 bits per heavy atom. The Hall–Kier alpha value is -2.51. The highest BCUT2D eigenvalue weighted by atomic mass is 16.6. The average Bonchev–Trinajstić information content (AvgIpc) is 2.85. The van der Waals surface area contributed by atoms with Gasteiger partial charge in [0.25, 0.3) is 0 Å². The molecule has 1 aromatic heterocycles. The summed E-state index contributed by atoms with van der Waals surface area (Å²) in [5.74, 6) is 0.363. The minimum absolute atomic E-state index is 0.114. The van der Waals surface area contributed by atoms with Crippen LogP contribution in [0.15, 0.2) is 12.7 Å². The van der Waals surface area contributed by atoms with Crippen molar-refractivity contribution in [2.75, 3.05) is 18.5 Å². The fraction of sp³-hybridized carbons (Fsp3) is 0.533. The number of hydrogen-bond acceptors (Lipinski definition) is 5. The van der Waals surface area contributed by atoms with Gasteiger partial charge < -0.3 is 14.4 Å². The van der Waals surface area contributed by atoms with Gasteiger partial charge in [0, 0.05) is 24.2 Å². The van der Waals surface area contributed by atoms with Crippen LogP contribution in [-0.2, 0) is 22.4 Å². The molecule has 23 heavy (non-hydrogen) atoms. The molecule has 2 amide bonds. The number of nitrogens with one attached hydrogen (secondary N) is 2. The van der Waals surface area contributed by atoms with Crippen LogP contribution in [-0.4, -0.2) is 46.0 Å². The Bertz CT molecular complexity index is 603. The zero-order valence-electron chi connectivity index (χ0n) is 13.6. The molecule has 2 rings (SSSR count). The van der Waals surface area contributed by atoms with Crippen LogP contribution in [0.1, 0.15) is 32.0 Å². The number of amides is 2. The zero-order valence-corrected chi connectivity index (χ0v) is 13.6. The molecule has 8 heteroatoms. The third-order valence-corrected chi connectivity index (χ3v) is 3.14. The van der Waals surface area contributed by atoms with Gasteiger partial charge in [-0.05, 0) is 20.8 Å². The predicted molar refractivity (Wildman–Crippen MR) is 84.1 cm³/mol. The second-order valence-corrected chi connectivity index (χ2v) is 6.19. The molecule has 126 valence electrons. The van der Waals surface area contributed by atoms with Crippen molar-refractivity contribution in [3.8, 4) is 0 Å². The number of anilines is 1. The van der Waals surface area contributed by atoms with E-state index in [1.165, 1.54) is 6.08 Å². The summed E-state index contributed by atoms with van der Waals surface area (Å²) in [5.41, 5.74) is 1.10. The van der Waals surface area contributed by atoms with Crippen LogP contribution in [0.25, 0.3) is 0 Å². The Labute approximate surface area is 134 Å². The summed E-state index contributed by atoms with van der Waals surface area (Å²) in [6.07, 6.45) is 1.09. The number of hydrogen-bond donors (Lipinski definition) is 2. The highest BCUT2D eigenvalue weighted by Crippen LogP contribution is 2.25. The molecule has 8 nitrogen and oxygen atoms in total. The van der Waals surface area contributed by atoms with Gasteiger partial charge in [-0.1, -0.05) is 12.7 Å². The van der Waals surface area contributed by atoms with E-state index in [9.17, 15) is 9.59 Å². The molecule has 0 saturated carbocycles. The van der Waals surface area contributed by atoms with Crippen LogP contribution in [0.3, 0.4) is 0 Å². The van der Waals surface area contributed by atoms with Gasteiger partial charge in [0.05, 0.1) is 6.54 Å². The Morgan fingerprint density at radius 3 is 2.87 bits per heavy atom. The summed E-state index contributed by atoms with van der Waals surface area (Å²) in [4.78, 5) is 25.4. The minimum atomic E-state index is -0.617. The molecule has 0 saturated heterocycles. The molecular weight excluding hydrogens is 300 g/mol. The number of rotatable bonds is 3. The van der Waals surface area contributed by atoms with Crippen molar-refractivity contribution >= 4 is 18.0 Å². The summed E-state index contributed by atoms with van der Waals surface area (Å²) < 4.78 is 10.2. The van der Waals surface area contributed by atoms with Crippen LogP contribution in [0.2, 0.25) is 0 Å². The first-order valence-electron chi connectivity index (χ1n) is 7.39. The molecule has 0 radical (unpaired) electrons. The van der Waals surface area contributed by atoms with E-state index in [1.807, 2.05) is 20.8 Å². The van der Waals surface area contributed by atoms with Crippen molar-refractivity contribution in [2.45, 2.75) is 39.3 Å². The van der Waals surface area contributed by atoms with E-state index in [0.29, 0.717) is 25.3 Å². The third kappa shape index (κ3) is 4.48. The first-order chi connectivity index (χ1) is 10.8. The molecule has 0 aromatic carbocycles. The monoisotopic (exact) mass is 322 g/mol. The van der Waals surface area contributed by atoms with Crippen LogP contribution in [0.5, 0.6) is 0 Å². The molecule has 0 spiro atoms. The van der Waals surface area contributed by atoms with Gasteiger partial charge in [0.2, 0.25) is 0 Å². The van der Waals surface area contributed by atoms with E-state index >= 15 is 0 Å². The lowest BCUT2D eigenvalue weighted by Gasteiger charge is -2.30. The number of aromatic nitrogens is 2. The standard InChI is InChI=1S/C15H22N4O4/c1-5-8-22-13(20)16-12-10-9-19(7-6-11(10)17-18-12)14(21)23-15(2,3)4/h5H,1,6-9H2,2-4H3,(H2,16,17,18,20). The van der Waals surface area contributed by atoms with Crippen LogP contribution in [0, 0.1) is 0 Å². The summed E-state index contributed by atoms with van der Waals surface area (Å²) in [7, 11) is 0. The third-order valence-electron chi connectivity index (χ3n) is 3.14. The molecule has 2 N–H and O–H groups in total. The fourth-order valence-electron chi connectivity index (χ4n) is 2.15. The van der Waals surface area contributed by atoms with Crippen molar-refractivity contribution in [1.82, 2.24) is 15.1 Å². The lowest BCUT2D eigenvalue weighted by atomic mass is 10.1. The normalized spacial score (nSPS) is 14.0. The van der Waals surface area contributed by atoms with Gasteiger partial charge in [0.1, 0.15) is 12.2 Å². The van der Waals surface area contributed by atoms with Crippen LogP contribution < -0.4 is 5.32 Å². The zero-order chi connectivity index (χ0) is 17.0. The van der Waals surface area contributed by atoms with E-state index in [2.05, 4.69) is 22.1 Å². The second-order valence-electron chi connectivity index (χ2n) is 6.19. The second kappa shape index (κ2) is 6.72. The molecule has 1 aliphatic rings. The minimum Gasteiger partial charge on any atom is -0.445 e. The number of carbonyl (C=O) groups excluding carboxylic acids is 2. The van der Waals surface area contributed by atoms with Gasteiger partial charge >= 0.3 is 12.2 Å². The molecule has 0 bridgehead atoms. The summed E-state index contributed by atoms with van der Waals surface area (Å²) in [5, 5.41) is 9.51. The number of fused-ring (bicyclic) bond motifs is 1. The number of aromatic amines is 1. The number of carbonyl (C=O) groups is 2. The first kappa shape index (κ1) is 16.9. The fourth-order valence-corrected chi connectivity index (χ4v) is 2.15. The molecule has 0 unspecified atom stereocenters. The Kier molecular flexibility index (Phi) is 4.92. The average molecular weight is 322 g/mol. The number of ether oxygens (including phenoxy) is 2. The smallest absolute Gasteiger partial charge is 0.413 e. The largest absolute Gasteiger partial charge is 0.445 e. The molecular formula is C15H22N4O4. The van der Waals surface area contributed by atoms with Crippen molar-refractivity contribution in [3.63, 3.8) is 0 Å². The van der Waals surface area contributed by atoms with Crippen LogP contribution in [0.4, 0.5) is 15.4 Å². The highest BCUT2D eigenvalue weighted by Gasteiger charge is 2.29. The topological polar surface area (TPSA) is 96.5 Å². The lowest BCUT2D eigenvalue weighted by Crippen LogP contribution is -2.40. The van der Waals surface area contributed by atoms with Crippen molar-refractivity contribution in [2.24, 2.45) is 0 Å². The molecule has 1 aromatic rings. The Balaban J connectivity index is 2.04. The lowest BCUT2D eigenvalue weighted by molar-refractivity contribution is 0.0224. The number of nitrogens with zero attached hydrogens (tertiary/aromatic N) is 2. The quantitative estimate of drug-likeness (QED) is 0.833. The molecule has 0 aliphatic carbocycles. The maximum absolute atomic E-state index is 12.2. The first-order valence-corrected chi connectivity index (χ1v) is 7.39. The van der Waals surface area contributed by atoms with Gasteiger partial charge in [-0.25, -0.2) is 9.59 Å². The highest BCUT2D eigenvalue weighted by molar-refractivity contribution is 5.84. The van der Waals surface area contributed by atoms with E-state index in [4.69, 9.17) is 9.47 Å². The van der Waals surface area contributed by atoms with E-state index in [0.717, 1.165) is 11.3 Å². The van der Waals surface area contributed by atoms with E-state index in [-0.39, 0.29) is 12.7 Å². The van der Waals surface area contributed by atoms with Crippen molar-refractivity contribution in [1.29, 1.82) is 0 Å². The molecule has 0 fully saturated rings. The van der Waals surface area contributed by atoms with Gasteiger partial charge in [-0.3, -0.25) is 10.4 Å². The molecule has 0 atom stereocenters. The van der Waals surface area contributed by atoms with Gasteiger partial charge in [-0.15, -0.1) is 0 Å². The molecule has 2 heterocycles. The maximum atomic E-state index is 12.2. The number of H-pyrrole nitrogens is 1. The maximum Gasteiger partial charge on any atom is 0.413 e. The Morgan fingerprint density at radius 1 is 1.48 bits per heavy atom. The summed E-state index contributed by atoms with van der Waals surface area (Å²) >= 11 is 0. The van der Waals surface area contributed by atoms with Crippen molar-refractivity contribution < 1.29 is 19.1 Å². The van der Waals surface area contributed by atoms with E-state index < -0.39 is 11.7 Å². The SMILES string of the molecule is C=CCOC(=O)Nc1n[nH]c2c1CN(C(=O)OC(C)(C)C)CC2. The summed E-state index contributed by atoms with van der Waals surface area (Å²) in [6, 6.07) is 0. The van der Waals surface area contributed by atoms with Crippen molar-refractivity contribution in [3.05, 3.63) is 23.9 Å². The predicted octanol–water partition coefficient (Wildman–Crippen LogP) is 2.44. The van der Waals surface area contributed by atoms with E-state index in [1.54, 1.807) is 4.90 Å².